The molecule has 0 atom stereocenters. The van der Waals surface area contributed by atoms with Crippen LogP contribution in [0, 0.1) is 0 Å². The topological polar surface area (TPSA) is 64.1 Å². The summed E-state index contributed by atoms with van der Waals surface area (Å²) in [5.74, 6) is 0.140. The average molecular weight is 307 g/mol. The number of aromatic carboxylic acids is 1. The number of hydrogen-bond acceptors (Lipinski definition) is 3. The molecule has 114 valence electrons. The molecule has 23 heavy (non-hydrogen) atoms. The van der Waals surface area contributed by atoms with E-state index in [0.717, 1.165) is 5.39 Å². The molecule has 0 aliphatic carbocycles. The van der Waals surface area contributed by atoms with E-state index in [1.165, 1.54) is 0 Å². The van der Waals surface area contributed by atoms with Crippen molar-refractivity contribution in [1.82, 2.24) is 4.40 Å². The summed E-state index contributed by atoms with van der Waals surface area (Å²) in [4.78, 5) is 11.7. The molecule has 5 heteroatoms. The molecule has 3 aromatic heterocycles. The second-order valence-corrected chi connectivity index (χ2v) is 5.21. The van der Waals surface area contributed by atoms with E-state index < -0.39 is 5.97 Å². The van der Waals surface area contributed by atoms with Gasteiger partial charge >= 0.3 is 5.97 Å². The smallest absolute Gasteiger partial charge is 0.338 e. The van der Waals surface area contributed by atoms with Crippen LogP contribution in [-0.2, 0) is 0 Å². The Kier molecular flexibility index (Phi) is 2.87. The number of methoxy groups -OCH3 is 1. The van der Waals surface area contributed by atoms with Crippen LogP contribution in [-0.4, -0.2) is 22.6 Å². The zero-order valence-electron chi connectivity index (χ0n) is 12.3. The second kappa shape index (κ2) is 4.91. The summed E-state index contributed by atoms with van der Waals surface area (Å²) in [6.45, 7) is 0. The Balaban J connectivity index is 2.02. The zero-order valence-corrected chi connectivity index (χ0v) is 12.3. The molecular formula is C18H13NO4. The second-order valence-electron chi connectivity index (χ2n) is 5.21. The molecule has 0 saturated carbocycles. The van der Waals surface area contributed by atoms with Gasteiger partial charge in [-0.3, -0.25) is 0 Å². The lowest BCUT2D eigenvalue weighted by molar-refractivity contribution is 0.0699. The maximum atomic E-state index is 11.7. The van der Waals surface area contributed by atoms with Gasteiger partial charge in [0.2, 0.25) is 0 Å². The fraction of sp³-hybridized carbons (Fsp3) is 0.0556. The van der Waals surface area contributed by atoms with E-state index in [4.69, 9.17) is 9.15 Å². The molecule has 5 nitrogen and oxygen atoms in total. The van der Waals surface area contributed by atoms with Gasteiger partial charge in [-0.25, -0.2) is 4.79 Å². The first-order valence-corrected chi connectivity index (χ1v) is 7.09. The lowest BCUT2D eigenvalue weighted by Crippen LogP contribution is -1.97. The van der Waals surface area contributed by atoms with E-state index in [9.17, 15) is 9.90 Å². The van der Waals surface area contributed by atoms with Gasteiger partial charge in [0.25, 0.3) is 0 Å². The first kappa shape index (κ1) is 13.5. The van der Waals surface area contributed by atoms with E-state index in [2.05, 4.69) is 0 Å². The number of pyridine rings is 1. The van der Waals surface area contributed by atoms with Gasteiger partial charge in [-0.15, -0.1) is 0 Å². The minimum absolute atomic E-state index is 0.226. The Bertz CT molecular complexity index is 1040. The lowest BCUT2D eigenvalue weighted by atomic mass is 10.1. The summed E-state index contributed by atoms with van der Waals surface area (Å²) in [6, 6.07) is 12.9. The Morgan fingerprint density at radius 2 is 2.09 bits per heavy atom. The van der Waals surface area contributed by atoms with Crippen molar-refractivity contribution in [3.63, 3.8) is 0 Å². The maximum absolute atomic E-state index is 11.7. The number of aromatic nitrogens is 1. The van der Waals surface area contributed by atoms with Crippen LogP contribution < -0.4 is 4.74 Å². The third kappa shape index (κ3) is 1.97. The van der Waals surface area contributed by atoms with Crippen LogP contribution in [0.5, 0.6) is 5.75 Å². The van der Waals surface area contributed by atoms with E-state index in [-0.39, 0.29) is 5.56 Å². The van der Waals surface area contributed by atoms with Gasteiger partial charge in [0.05, 0.1) is 23.8 Å². The first-order chi connectivity index (χ1) is 11.2. The van der Waals surface area contributed by atoms with Crippen molar-refractivity contribution < 1.29 is 19.1 Å². The highest BCUT2D eigenvalue weighted by atomic mass is 16.5. The summed E-state index contributed by atoms with van der Waals surface area (Å²) in [7, 11) is 1.58. The molecule has 0 spiro atoms. The average Bonchev–Trinajstić information content (AvgIpc) is 3.15. The number of furan rings is 1. The van der Waals surface area contributed by atoms with Gasteiger partial charge < -0.3 is 18.7 Å². The Morgan fingerprint density at radius 1 is 1.22 bits per heavy atom. The first-order valence-electron chi connectivity index (χ1n) is 7.09. The lowest BCUT2D eigenvalue weighted by Gasteiger charge is -1.99. The van der Waals surface area contributed by atoms with E-state index >= 15 is 0 Å². The van der Waals surface area contributed by atoms with Gasteiger partial charge in [-0.05, 0) is 24.3 Å². The molecule has 1 aromatic carbocycles. The Morgan fingerprint density at radius 3 is 2.87 bits per heavy atom. The van der Waals surface area contributed by atoms with Crippen molar-refractivity contribution in [3.05, 3.63) is 60.4 Å². The number of nitrogens with zero attached hydrogens (tertiary/aromatic N) is 1. The number of carboxylic acid groups (broad SMARTS) is 1. The van der Waals surface area contributed by atoms with Crippen molar-refractivity contribution in [2.24, 2.45) is 0 Å². The largest absolute Gasteiger partial charge is 0.493 e. The molecular weight excluding hydrogens is 294 g/mol. The molecule has 0 amide bonds. The number of carbonyl (C=O) groups is 1. The fourth-order valence-corrected chi connectivity index (χ4v) is 2.86. The predicted octanol–water partition coefficient (Wildman–Crippen LogP) is 4.06. The quantitative estimate of drug-likeness (QED) is 0.620. The van der Waals surface area contributed by atoms with Crippen LogP contribution >= 0.6 is 0 Å². The van der Waals surface area contributed by atoms with Crippen LogP contribution in [0.25, 0.3) is 27.8 Å². The molecule has 0 aliphatic rings. The molecule has 0 unspecified atom stereocenters. The number of hydrogen-bond donors (Lipinski definition) is 1. The van der Waals surface area contributed by atoms with Crippen LogP contribution in [0.2, 0.25) is 0 Å². The molecule has 0 aliphatic heterocycles. The van der Waals surface area contributed by atoms with Crippen molar-refractivity contribution in [2.45, 2.75) is 0 Å². The number of carboxylic acids is 1. The summed E-state index contributed by atoms with van der Waals surface area (Å²) in [5.41, 5.74) is 2.00. The molecule has 3 heterocycles. The summed E-state index contributed by atoms with van der Waals surface area (Å²) >= 11 is 0. The van der Waals surface area contributed by atoms with E-state index in [1.807, 2.05) is 42.6 Å². The monoisotopic (exact) mass is 307 g/mol. The SMILES string of the molecule is COc1cccc2cc(-c3cn4ccccc4c3C(=O)O)oc12. The highest BCUT2D eigenvalue weighted by molar-refractivity contribution is 6.04. The number of para-hydroxylation sites is 1. The van der Waals surface area contributed by atoms with E-state index in [1.54, 1.807) is 23.8 Å². The highest BCUT2D eigenvalue weighted by Gasteiger charge is 2.21. The van der Waals surface area contributed by atoms with E-state index in [0.29, 0.717) is 28.2 Å². The molecule has 0 radical (unpaired) electrons. The van der Waals surface area contributed by atoms with Crippen LogP contribution in [0.3, 0.4) is 0 Å². The molecule has 4 rings (SSSR count). The Hall–Kier alpha value is -3.21. The molecule has 0 bridgehead atoms. The number of benzene rings is 1. The van der Waals surface area contributed by atoms with Crippen molar-refractivity contribution in [2.75, 3.05) is 7.11 Å². The van der Waals surface area contributed by atoms with Crippen LogP contribution in [0.15, 0.2) is 59.3 Å². The summed E-state index contributed by atoms with van der Waals surface area (Å²) < 4.78 is 13.0. The van der Waals surface area contributed by atoms with Gasteiger partial charge in [0.15, 0.2) is 11.3 Å². The predicted molar refractivity (Wildman–Crippen MR) is 86.1 cm³/mol. The van der Waals surface area contributed by atoms with Crippen LogP contribution in [0.4, 0.5) is 0 Å². The molecule has 1 N–H and O–H groups in total. The standard InChI is InChI=1S/C18H13NO4/c1-22-14-7-4-5-11-9-15(23-17(11)14)12-10-19-8-3-2-6-13(19)16(12)18(20)21/h2-10H,1H3,(H,20,21). The minimum Gasteiger partial charge on any atom is -0.493 e. The van der Waals surface area contributed by atoms with Gasteiger partial charge in [0, 0.05) is 17.8 Å². The molecule has 4 aromatic rings. The van der Waals surface area contributed by atoms with Gasteiger partial charge in [0.1, 0.15) is 5.76 Å². The Labute approximate surface area is 131 Å². The van der Waals surface area contributed by atoms with Crippen molar-refractivity contribution >= 4 is 22.5 Å². The summed E-state index contributed by atoms with van der Waals surface area (Å²) in [5, 5.41) is 10.5. The van der Waals surface area contributed by atoms with Gasteiger partial charge in [-0.2, -0.15) is 0 Å². The third-order valence-electron chi connectivity index (χ3n) is 3.89. The third-order valence-corrected chi connectivity index (χ3v) is 3.89. The number of fused-ring (bicyclic) bond motifs is 2. The van der Waals surface area contributed by atoms with Crippen molar-refractivity contribution in [3.8, 4) is 17.1 Å². The number of rotatable bonds is 3. The van der Waals surface area contributed by atoms with Crippen LogP contribution in [0.1, 0.15) is 10.4 Å². The zero-order chi connectivity index (χ0) is 16.0. The maximum Gasteiger partial charge on any atom is 0.338 e. The minimum atomic E-state index is -0.985. The fourth-order valence-electron chi connectivity index (χ4n) is 2.86. The highest BCUT2D eigenvalue weighted by Crippen LogP contribution is 2.36. The number of ether oxygens (including phenoxy) is 1. The van der Waals surface area contributed by atoms with Gasteiger partial charge in [-0.1, -0.05) is 18.2 Å². The molecule has 0 fully saturated rings. The molecule has 0 saturated heterocycles. The summed E-state index contributed by atoms with van der Waals surface area (Å²) in [6.07, 6.45) is 3.58. The normalized spacial score (nSPS) is 11.2. The van der Waals surface area contributed by atoms with Crippen molar-refractivity contribution in [1.29, 1.82) is 0 Å².